The highest BCUT2D eigenvalue weighted by Gasteiger charge is 2.20. The lowest BCUT2D eigenvalue weighted by atomic mass is 9.98. The Hall–Kier alpha value is -2.46. The van der Waals surface area contributed by atoms with Crippen LogP contribution in [0.15, 0.2) is 6.20 Å². The van der Waals surface area contributed by atoms with Crippen molar-refractivity contribution in [1.82, 2.24) is 24.6 Å². The summed E-state index contributed by atoms with van der Waals surface area (Å²) < 4.78 is 6.88. The molecule has 0 amide bonds. The highest BCUT2D eigenvalue weighted by Crippen LogP contribution is 2.20. The molecule has 0 aromatic carbocycles. The number of fused-ring (bicyclic) bond motifs is 1. The Kier molecular flexibility index (Phi) is 7.54. The van der Waals surface area contributed by atoms with Gasteiger partial charge in [-0.1, -0.05) is 0 Å². The first-order chi connectivity index (χ1) is 12.6. The second kappa shape index (κ2) is 9.88. The molecule has 0 bridgehead atoms. The minimum absolute atomic E-state index is 0.250. The van der Waals surface area contributed by atoms with E-state index in [0.717, 1.165) is 43.8 Å². The van der Waals surface area contributed by atoms with Gasteiger partial charge in [-0.05, 0) is 25.3 Å². The molecule has 1 aliphatic heterocycles. The third-order valence-corrected chi connectivity index (χ3v) is 4.39. The number of nitrogens with one attached hydrogen (secondary N) is 1. The molecule has 1 saturated heterocycles. The number of likely N-dealkylation sites (tertiary alicyclic amines) is 1. The zero-order valence-electron chi connectivity index (χ0n) is 15.3. The molecule has 3 rings (SSSR count). The first-order valence-corrected chi connectivity index (χ1v) is 8.57. The van der Waals surface area contributed by atoms with E-state index in [1.165, 1.54) is 12.8 Å². The number of hydrogen-bond acceptors (Lipinski definition) is 8. The summed E-state index contributed by atoms with van der Waals surface area (Å²) in [5.41, 5.74) is 6.74. The number of anilines is 2. The lowest BCUT2D eigenvalue weighted by Gasteiger charge is -2.32. The van der Waals surface area contributed by atoms with Crippen LogP contribution in [-0.2, 0) is 16.6 Å². The highest BCUT2D eigenvalue weighted by molar-refractivity contribution is 5.86. The van der Waals surface area contributed by atoms with Crippen molar-refractivity contribution < 1.29 is 14.6 Å². The summed E-state index contributed by atoms with van der Waals surface area (Å²) in [6, 6.07) is 0. The monoisotopic (exact) mass is 365 g/mol. The highest BCUT2D eigenvalue weighted by atomic mass is 16.5. The zero-order valence-corrected chi connectivity index (χ0v) is 15.3. The molecule has 2 aromatic heterocycles. The van der Waals surface area contributed by atoms with Crippen LogP contribution in [0.4, 0.5) is 11.8 Å². The molecule has 4 N–H and O–H groups in total. The molecule has 3 heterocycles. The molecule has 10 nitrogen and oxygen atoms in total. The number of nitrogens with two attached hydrogens (primary N) is 1. The number of aryl methyl sites for hydroxylation is 1. The van der Waals surface area contributed by atoms with Gasteiger partial charge in [0.25, 0.3) is 6.47 Å². The molecule has 10 heteroatoms. The molecule has 0 saturated carbocycles. The maximum absolute atomic E-state index is 8.36. The van der Waals surface area contributed by atoms with Gasteiger partial charge in [0.05, 0.1) is 18.2 Å². The Morgan fingerprint density at radius 1 is 1.50 bits per heavy atom. The number of nitrogens with zero attached hydrogens (tertiary/aromatic N) is 5. The van der Waals surface area contributed by atoms with Crippen molar-refractivity contribution in [2.45, 2.75) is 12.8 Å². The van der Waals surface area contributed by atoms with Gasteiger partial charge < -0.3 is 25.8 Å². The second-order valence-electron chi connectivity index (χ2n) is 6.23. The fourth-order valence-corrected chi connectivity index (χ4v) is 3.10. The Labute approximate surface area is 152 Å². The molecule has 1 unspecified atom stereocenters. The van der Waals surface area contributed by atoms with E-state index >= 15 is 0 Å². The molecular weight excluding hydrogens is 338 g/mol. The van der Waals surface area contributed by atoms with E-state index in [0.29, 0.717) is 17.7 Å². The summed E-state index contributed by atoms with van der Waals surface area (Å²) in [6.07, 6.45) is 4.14. The van der Waals surface area contributed by atoms with E-state index in [-0.39, 0.29) is 6.47 Å². The molecule has 0 radical (unpaired) electrons. The number of carboxylic acid groups (broad SMARTS) is 1. The van der Waals surface area contributed by atoms with E-state index < -0.39 is 0 Å². The maximum atomic E-state index is 8.36. The van der Waals surface area contributed by atoms with Crippen molar-refractivity contribution in [3.8, 4) is 0 Å². The molecule has 0 spiro atoms. The van der Waals surface area contributed by atoms with Crippen molar-refractivity contribution >= 4 is 29.3 Å². The van der Waals surface area contributed by atoms with E-state index in [2.05, 4.69) is 25.3 Å². The zero-order chi connectivity index (χ0) is 18.9. The van der Waals surface area contributed by atoms with Crippen LogP contribution in [0.5, 0.6) is 0 Å². The van der Waals surface area contributed by atoms with Crippen LogP contribution < -0.4 is 11.1 Å². The number of nitrogen functional groups attached to an aromatic ring is 1. The summed E-state index contributed by atoms with van der Waals surface area (Å²) >= 11 is 0. The van der Waals surface area contributed by atoms with Gasteiger partial charge in [-0.15, -0.1) is 0 Å². The average molecular weight is 365 g/mol. The molecule has 144 valence electrons. The Morgan fingerprint density at radius 3 is 3.00 bits per heavy atom. The Bertz CT molecular complexity index is 706. The van der Waals surface area contributed by atoms with Gasteiger partial charge in [-0.25, -0.2) is 0 Å². The predicted octanol–water partition coefficient (Wildman–Crippen LogP) is 0.417. The molecule has 0 aliphatic carbocycles. The maximum Gasteiger partial charge on any atom is 0.290 e. The van der Waals surface area contributed by atoms with Gasteiger partial charge in [0.15, 0.2) is 5.65 Å². The largest absolute Gasteiger partial charge is 0.483 e. The van der Waals surface area contributed by atoms with Crippen LogP contribution in [-0.4, -0.2) is 76.1 Å². The van der Waals surface area contributed by atoms with Crippen molar-refractivity contribution in [2.24, 2.45) is 13.0 Å². The van der Waals surface area contributed by atoms with Crippen LogP contribution in [0.1, 0.15) is 12.8 Å². The van der Waals surface area contributed by atoms with Crippen molar-refractivity contribution in [1.29, 1.82) is 0 Å². The SMILES string of the molecule is COCCN1CCCC(CNc2nc(N)c3cnn(C)c3n2)C1.O=CO. The van der Waals surface area contributed by atoms with Crippen LogP contribution in [0.25, 0.3) is 11.0 Å². The number of ether oxygens (including phenoxy) is 1. The lowest BCUT2D eigenvalue weighted by Crippen LogP contribution is -2.39. The smallest absolute Gasteiger partial charge is 0.290 e. The number of aromatic nitrogens is 4. The summed E-state index contributed by atoms with van der Waals surface area (Å²) in [7, 11) is 3.60. The Balaban J connectivity index is 0.000000758. The fourth-order valence-electron chi connectivity index (χ4n) is 3.10. The van der Waals surface area contributed by atoms with E-state index in [1.807, 2.05) is 7.05 Å². The standard InChI is InChI=1S/C15H25N7O.CH2O2/c1-21-14-12(9-18-21)13(16)19-15(20-14)17-8-11-4-3-5-22(10-11)6-7-23-2;2-1-3/h9,11H,3-8,10H2,1-2H3,(H3,16,17,19,20);1H,(H,2,3). The normalized spacial score (nSPS) is 17.5. The minimum atomic E-state index is -0.250. The van der Waals surface area contributed by atoms with Crippen LogP contribution in [0, 0.1) is 5.92 Å². The number of methoxy groups -OCH3 is 1. The van der Waals surface area contributed by atoms with E-state index in [1.54, 1.807) is 18.0 Å². The summed E-state index contributed by atoms with van der Waals surface area (Å²) in [4.78, 5) is 19.7. The lowest BCUT2D eigenvalue weighted by molar-refractivity contribution is -0.122. The topological polar surface area (TPSA) is 131 Å². The molecule has 2 aromatic rings. The number of rotatable bonds is 6. The van der Waals surface area contributed by atoms with Gasteiger partial charge in [-0.2, -0.15) is 15.1 Å². The first-order valence-electron chi connectivity index (χ1n) is 8.57. The van der Waals surface area contributed by atoms with Gasteiger partial charge in [-0.3, -0.25) is 9.48 Å². The van der Waals surface area contributed by atoms with Gasteiger partial charge >= 0.3 is 0 Å². The third kappa shape index (κ3) is 5.27. The predicted molar refractivity (Wildman–Crippen MR) is 98.9 cm³/mol. The molecular formula is C16H27N7O3. The third-order valence-electron chi connectivity index (χ3n) is 4.39. The van der Waals surface area contributed by atoms with Crippen LogP contribution in [0.2, 0.25) is 0 Å². The fraction of sp³-hybridized carbons (Fsp3) is 0.625. The molecule has 1 fully saturated rings. The summed E-state index contributed by atoms with van der Waals surface area (Å²) in [6.45, 7) is 4.63. The van der Waals surface area contributed by atoms with Crippen LogP contribution >= 0.6 is 0 Å². The molecule has 26 heavy (non-hydrogen) atoms. The second-order valence-corrected chi connectivity index (χ2v) is 6.23. The first kappa shape index (κ1) is 19.9. The summed E-state index contributed by atoms with van der Waals surface area (Å²) in [5, 5.41) is 15.2. The summed E-state index contributed by atoms with van der Waals surface area (Å²) in [5.74, 6) is 1.64. The molecule has 1 aliphatic rings. The number of piperidine rings is 1. The van der Waals surface area contributed by atoms with E-state index in [4.69, 9.17) is 20.4 Å². The van der Waals surface area contributed by atoms with Gasteiger partial charge in [0.2, 0.25) is 5.95 Å². The quantitative estimate of drug-likeness (QED) is 0.623. The van der Waals surface area contributed by atoms with Crippen LogP contribution in [0.3, 0.4) is 0 Å². The number of hydrogen-bond donors (Lipinski definition) is 3. The van der Waals surface area contributed by atoms with Crippen molar-refractivity contribution in [2.75, 3.05) is 50.9 Å². The van der Waals surface area contributed by atoms with Gasteiger partial charge in [0.1, 0.15) is 5.82 Å². The van der Waals surface area contributed by atoms with Crippen molar-refractivity contribution in [3.05, 3.63) is 6.20 Å². The number of carbonyl (C=O) groups is 1. The minimum Gasteiger partial charge on any atom is -0.483 e. The average Bonchev–Trinajstić information content (AvgIpc) is 3.01. The van der Waals surface area contributed by atoms with E-state index in [9.17, 15) is 0 Å². The molecule has 1 atom stereocenters. The Morgan fingerprint density at radius 2 is 2.27 bits per heavy atom. The van der Waals surface area contributed by atoms with Crippen molar-refractivity contribution in [3.63, 3.8) is 0 Å². The van der Waals surface area contributed by atoms with Gasteiger partial charge in [0, 0.05) is 33.8 Å².